The van der Waals surface area contributed by atoms with Gasteiger partial charge in [-0.1, -0.05) is 0 Å². The molecule has 0 aromatic carbocycles. The number of carbonyl (C=O) groups excluding carboxylic acids is 2. The predicted molar refractivity (Wildman–Crippen MR) is 68.0 cm³/mol. The summed E-state index contributed by atoms with van der Waals surface area (Å²) in [5.74, 6) is -2.37. The van der Waals surface area contributed by atoms with Crippen LogP contribution in [0, 0.1) is 17.2 Å². The molecule has 2 heterocycles. The Labute approximate surface area is 116 Å². The highest BCUT2D eigenvalue weighted by atomic mass is 16.5. The van der Waals surface area contributed by atoms with Gasteiger partial charge in [0.15, 0.2) is 0 Å². The zero-order valence-electron chi connectivity index (χ0n) is 11.2. The fourth-order valence-electron chi connectivity index (χ4n) is 2.28. The van der Waals surface area contributed by atoms with Gasteiger partial charge in [0.05, 0.1) is 30.4 Å². The number of nitrogens with zero attached hydrogens (tertiary/aromatic N) is 1. The summed E-state index contributed by atoms with van der Waals surface area (Å²) in [5, 5.41) is 11.8. The molecule has 1 aromatic heterocycles. The monoisotopic (exact) mass is 274 g/mol. The second-order valence-electron chi connectivity index (χ2n) is 4.35. The number of furan rings is 1. The molecule has 20 heavy (non-hydrogen) atoms. The molecule has 0 spiro atoms. The fourth-order valence-corrected chi connectivity index (χ4v) is 2.28. The minimum absolute atomic E-state index is 0.214. The molecule has 0 unspecified atom stereocenters. The average Bonchev–Trinajstić information content (AvgIpc) is 2.91. The van der Waals surface area contributed by atoms with E-state index in [1.165, 1.54) is 6.26 Å². The molecule has 104 valence electrons. The van der Waals surface area contributed by atoms with E-state index in [0.29, 0.717) is 11.5 Å². The molecule has 0 radical (unpaired) electrons. The second-order valence-corrected chi connectivity index (χ2v) is 4.35. The Kier molecular flexibility index (Phi) is 3.89. The van der Waals surface area contributed by atoms with E-state index >= 15 is 0 Å². The molecule has 6 nitrogen and oxygen atoms in total. The molecule has 0 bridgehead atoms. The normalized spacial score (nSPS) is 22.1. The molecule has 1 aliphatic rings. The number of carbonyl (C=O) groups is 2. The van der Waals surface area contributed by atoms with Crippen molar-refractivity contribution < 1.29 is 18.7 Å². The van der Waals surface area contributed by atoms with E-state index in [1.807, 2.05) is 6.07 Å². The first-order valence-electron chi connectivity index (χ1n) is 6.21. The van der Waals surface area contributed by atoms with Crippen molar-refractivity contribution in [2.24, 2.45) is 5.92 Å². The van der Waals surface area contributed by atoms with Crippen LogP contribution < -0.4 is 5.32 Å². The van der Waals surface area contributed by atoms with Crippen molar-refractivity contribution >= 4 is 11.9 Å². The first-order chi connectivity index (χ1) is 9.60. The number of nitrogens with one attached hydrogen (secondary N) is 1. The maximum absolute atomic E-state index is 12.1. The molecule has 1 amide bonds. The lowest BCUT2D eigenvalue weighted by molar-refractivity contribution is -0.139. The molecular weight excluding hydrogens is 260 g/mol. The minimum atomic E-state index is -1.02. The summed E-state index contributed by atoms with van der Waals surface area (Å²) in [6.45, 7) is 3.51. The SMILES string of the molecule is CCOC(=O)C1=C(C)NC(=O)[C@@H](C#N)[C@@H]1c1ccco1. The van der Waals surface area contributed by atoms with Gasteiger partial charge < -0.3 is 14.5 Å². The van der Waals surface area contributed by atoms with Crippen LogP contribution in [0.25, 0.3) is 0 Å². The Hall–Kier alpha value is -2.55. The van der Waals surface area contributed by atoms with Crippen molar-refractivity contribution in [1.82, 2.24) is 5.32 Å². The summed E-state index contributed by atoms with van der Waals surface area (Å²) in [5.41, 5.74) is 0.648. The Morgan fingerprint density at radius 2 is 2.35 bits per heavy atom. The smallest absolute Gasteiger partial charge is 0.336 e. The molecular formula is C14H14N2O4. The number of nitriles is 1. The van der Waals surface area contributed by atoms with E-state index in [4.69, 9.17) is 9.15 Å². The number of allylic oxidation sites excluding steroid dienone is 1. The van der Waals surface area contributed by atoms with Crippen molar-refractivity contribution in [3.8, 4) is 6.07 Å². The van der Waals surface area contributed by atoms with E-state index in [2.05, 4.69) is 5.32 Å². The number of amides is 1. The van der Waals surface area contributed by atoms with Gasteiger partial charge in [-0.25, -0.2) is 4.79 Å². The fraction of sp³-hybridized carbons (Fsp3) is 0.357. The lowest BCUT2D eigenvalue weighted by Gasteiger charge is -2.28. The van der Waals surface area contributed by atoms with E-state index in [9.17, 15) is 14.9 Å². The number of hydrogen-bond acceptors (Lipinski definition) is 5. The van der Waals surface area contributed by atoms with E-state index in [1.54, 1.807) is 26.0 Å². The third-order valence-corrected chi connectivity index (χ3v) is 3.13. The number of hydrogen-bond donors (Lipinski definition) is 1. The average molecular weight is 274 g/mol. The van der Waals surface area contributed by atoms with Crippen molar-refractivity contribution in [2.45, 2.75) is 19.8 Å². The van der Waals surface area contributed by atoms with Crippen molar-refractivity contribution in [3.63, 3.8) is 0 Å². The zero-order chi connectivity index (χ0) is 14.7. The molecule has 0 fully saturated rings. The van der Waals surface area contributed by atoms with Gasteiger partial charge in [0.1, 0.15) is 11.7 Å². The zero-order valence-corrected chi connectivity index (χ0v) is 11.2. The van der Waals surface area contributed by atoms with Crippen LogP contribution in [-0.4, -0.2) is 18.5 Å². The van der Waals surface area contributed by atoms with Gasteiger partial charge in [-0.05, 0) is 26.0 Å². The maximum atomic E-state index is 12.1. The molecule has 2 atom stereocenters. The summed E-state index contributed by atoms with van der Waals surface area (Å²) in [6, 6.07) is 5.21. The molecule has 1 aliphatic heterocycles. The van der Waals surface area contributed by atoms with Gasteiger partial charge >= 0.3 is 5.97 Å². The van der Waals surface area contributed by atoms with E-state index < -0.39 is 23.7 Å². The summed E-state index contributed by atoms with van der Waals surface area (Å²) >= 11 is 0. The molecule has 0 saturated carbocycles. The predicted octanol–water partition coefficient (Wildman–Crippen LogP) is 1.47. The molecule has 6 heteroatoms. The molecule has 0 aliphatic carbocycles. The third kappa shape index (κ3) is 2.30. The summed E-state index contributed by atoms with van der Waals surface area (Å²) < 4.78 is 10.3. The van der Waals surface area contributed by atoms with E-state index in [0.717, 1.165) is 0 Å². The third-order valence-electron chi connectivity index (χ3n) is 3.13. The van der Waals surface area contributed by atoms with Gasteiger partial charge in [0, 0.05) is 5.70 Å². The molecule has 1 aromatic rings. The van der Waals surface area contributed by atoms with Crippen LogP contribution in [-0.2, 0) is 14.3 Å². The Morgan fingerprint density at radius 1 is 1.60 bits per heavy atom. The summed E-state index contributed by atoms with van der Waals surface area (Å²) in [6.07, 6.45) is 1.44. The largest absolute Gasteiger partial charge is 0.469 e. The highest BCUT2D eigenvalue weighted by Gasteiger charge is 2.42. The van der Waals surface area contributed by atoms with Crippen LogP contribution in [0.5, 0.6) is 0 Å². The number of rotatable bonds is 3. The number of esters is 1. The van der Waals surface area contributed by atoms with Crippen molar-refractivity contribution in [1.29, 1.82) is 5.26 Å². The van der Waals surface area contributed by atoms with Gasteiger partial charge in [-0.3, -0.25) is 4.79 Å². The highest BCUT2D eigenvalue weighted by molar-refractivity contribution is 5.97. The first-order valence-corrected chi connectivity index (χ1v) is 6.21. The van der Waals surface area contributed by atoms with Gasteiger partial charge in [0.25, 0.3) is 0 Å². The van der Waals surface area contributed by atoms with E-state index in [-0.39, 0.29) is 12.2 Å². The minimum Gasteiger partial charge on any atom is -0.469 e. The van der Waals surface area contributed by atoms with Crippen molar-refractivity contribution in [3.05, 3.63) is 35.4 Å². The van der Waals surface area contributed by atoms with Crippen molar-refractivity contribution in [2.75, 3.05) is 6.61 Å². The quantitative estimate of drug-likeness (QED) is 0.842. The van der Waals surface area contributed by atoms with Crippen LogP contribution in [0.3, 0.4) is 0 Å². The van der Waals surface area contributed by atoms with Crippen LogP contribution in [0.4, 0.5) is 0 Å². The van der Waals surface area contributed by atoms with Crippen LogP contribution >= 0.6 is 0 Å². The lowest BCUT2D eigenvalue weighted by atomic mass is 9.80. The molecule has 1 N–H and O–H groups in total. The van der Waals surface area contributed by atoms with Crippen LogP contribution in [0.1, 0.15) is 25.5 Å². The Bertz CT molecular complexity index is 595. The second kappa shape index (κ2) is 5.61. The standard InChI is InChI=1S/C14H14N2O4/c1-3-19-14(18)11-8(2)16-13(17)9(7-15)12(11)10-5-4-6-20-10/h4-6,9,12H,3H2,1-2H3,(H,16,17)/t9-,12+/m0/s1. The maximum Gasteiger partial charge on any atom is 0.336 e. The van der Waals surface area contributed by atoms with Crippen LogP contribution in [0.15, 0.2) is 34.1 Å². The molecule has 2 rings (SSSR count). The van der Waals surface area contributed by atoms with Crippen LogP contribution in [0.2, 0.25) is 0 Å². The summed E-state index contributed by atoms with van der Waals surface area (Å²) in [7, 11) is 0. The van der Waals surface area contributed by atoms with Gasteiger partial charge in [0.2, 0.25) is 5.91 Å². The summed E-state index contributed by atoms with van der Waals surface area (Å²) in [4.78, 5) is 24.0. The lowest BCUT2D eigenvalue weighted by Crippen LogP contribution is -2.41. The van der Waals surface area contributed by atoms with Gasteiger partial charge in [-0.2, -0.15) is 5.26 Å². The first kappa shape index (κ1) is 13.9. The Balaban J connectivity index is 2.53. The Morgan fingerprint density at radius 3 is 2.90 bits per heavy atom. The highest BCUT2D eigenvalue weighted by Crippen LogP contribution is 2.37. The number of ether oxygens (including phenoxy) is 1. The topological polar surface area (TPSA) is 92.3 Å². The van der Waals surface area contributed by atoms with Gasteiger partial charge in [-0.15, -0.1) is 0 Å². The molecule has 0 saturated heterocycles.